The molecule has 0 radical (unpaired) electrons. The number of carbonyl (C=O) groups is 1. The maximum atomic E-state index is 13.1. The molecule has 0 aliphatic heterocycles. The second-order valence-corrected chi connectivity index (χ2v) is 5.77. The van der Waals surface area contributed by atoms with Crippen molar-refractivity contribution in [2.75, 3.05) is 20.3 Å². The van der Waals surface area contributed by atoms with Crippen LogP contribution in [0.1, 0.15) is 10.5 Å². The van der Waals surface area contributed by atoms with E-state index in [9.17, 15) is 14.0 Å². The lowest BCUT2D eigenvalue weighted by atomic mass is 10.1. The molecule has 0 saturated heterocycles. The molecule has 0 spiro atoms. The molecule has 3 rings (SSSR count). The predicted molar refractivity (Wildman–Crippen MR) is 101 cm³/mol. The summed E-state index contributed by atoms with van der Waals surface area (Å²) in [7, 11) is 1.58. The summed E-state index contributed by atoms with van der Waals surface area (Å²) in [6.07, 6.45) is 0. The molecule has 28 heavy (non-hydrogen) atoms. The summed E-state index contributed by atoms with van der Waals surface area (Å²) in [6.45, 7) is 0.485. The van der Waals surface area contributed by atoms with Gasteiger partial charge in [0, 0.05) is 5.56 Å². The van der Waals surface area contributed by atoms with E-state index in [4.69, 9.17) is 9.47 Å². The van der Waals surface area contributed by atoms with Crippen molar-refractivity contribution in [2.24, 2.45) is 0 Å². The summed E-state index contributed by atoms with van der Waals surface area (Å²) in [5, 5.41) is 2.66. The molecular formula is C20H18FN3O4. The first kappa shape index (κ1) is 19.1. The van der Waals surface area contributed by atoms with Crippen molar-refractivity contribution in [3.8, 4) is 22.8 Å². The first-order chi connectivity index (χ1) is 13.5. The predicted octanol–water partition coefficient (Wildman–Crippen LogP) is 2.39. The van der Waals surface area contributed by atoms with E-state index in [0.717, 1.165) is 5.75 Å². The van der Waals surface area contributed by atoms with Crippen LogP contribution < -0.4 is 20.5 Å². The zero-order valence-corrected chi connectivity index (χ0v) is 15.1. The lowest BCUT2D eigenvalue weighted by Crippen LogP contribution is -2.30. The molecule has 0 saturated carbocycles. The zero-order valence-electron chi connectivity index (χ0n) is 15.1. The van der Waals surface area contributed by atoms with E-state index >= 15 is 0 Å². The smallest absolute Gasteiger partial charge is 0.346 e. The van der Waals surface area contributed by atoms with Crippen LogP contribution in [-0.4, -0.2) is 36.1 Å². The highest BCUT2D eigenvalue weighted by Gasteiger charge is 2.10. The number of aromatic nitrogens is 2. The summed E-state index contributed by atoms with van der Waals surface area (Å²) < 4.78 is 23.6. The van der Waals surface area contributed by atoms with Gasteiger partial charge >= 0.3 is 5.69 Å². The number of nitrogens with one attached hydrogen (secondary N) is 2. The second-order valence-electron chi connectivity index (χ2n) is 5.77. The van der Waals surface area contributed by atoms with Gasteiger partial charge in [-0.05, 0) is 54.6 Å². The number of hydrogen-bond acceptors (Lipinski definition) is 5. The van der Waals surface area contributed by atoms with E-state index in [2.05, 4.69) is 15.3 Å². The van der Waals surface area contributed by atoms with Crippen LogP contribution in [0.3, 0.4) is 0 Å². The Balaban J connectivity index is 1.59. The standard InChI is InChI=1S/C20H18FN3O4/c1-27-15-6-8-16(9-7-15)28-11-10-22-19(25)18-12-17(23-20(26)24-18)13-2-4-14(21)5-3-13/h2-9,12H,10-11H2,1H3,(H,22,25)(H,23,24,26). The average molecular weight is 383 g/mol. The quantitative estimate of drug-likeness (QED) is 0.611. The van der Waals surface area contributed by atoms with Gasteiger partial charge in [0.15, 0.2) is 0 Å². The van der Waals surface area contributed by atoms with Gasteiger partial charge < -0.3 is 19.8 Å². The molecular weight excluding hydrogens is 365 g/mol. The molecule has 0 aliphatic carbocycles. The highest BCUT2D eigenvalue weighted by Crippen LogP contribution is 2.17. The topological polar surface area (TPSA) is 93.3 Å². The third-order valence-electron chi connectivity index (χ3n) is 3.85. The molecule has 3 aromatic rings. The number of amides is 1. The fraction of sp³-hybridized carbons (Fsp3) is 0.150. The maximum absolute atomic E-state index is 13.1. The van der Waals surface area contributed by atoms with Crippen molar-refractivity contribution in [3.63, 3.8) is 0 Å². The molecule has 0 unspecified atom stereocenters. The molecule has 0 bridgehead atoms. The molecule has 2 N–H and O–H groups in total. The number of benzene rings is 2. The Morgan fingerprint density at radius 3 is 2.46 bits per heavy atom. The van der Waals surface area contributed by atoms with Gasteiger partial charge in [0.05, 0.1) is 19.3 Å². The second kappa shape index (κ2) is 8.81. The Morgan fingerprint density at radius 2 is 1.79 bits per heavy atom. The van der Waals surface area contributed by atoms with E-state index in [0.29, 0.717) is 11.3 Å². The minimum atomic E-state index is -0.665. The first-order valence-electron chi connectivity index (χ1n) is 8.47. The van der Waals surface area contributed by atoms with E-state index in [1.807, 2.05) is 0 Å². The van der Waals surface area contributed by atoms with Crippen LogP contribution in [0, 0.1) is 5.82 Å². The van der Waals surface area contributed by atoms with Crippen LogP contribution in [-0.2, 0) is 0 Å². The number of ether oxygens (including phenoxy) is 2. The molecule has 2 aromatic carbocycles. The van der Waals surface area contributed by atoms with Crippen molar-refractivity contribution in [3.05, 3.63) is 76.6 Å². The number of nitrogens with zero attached hydrogens (tertiary/aromatic N) is 1. The maximum Gasteiger partial charge on any atom is 0.346 e. The van der Waals surface area contributed by atoms with Crippen molar-refractivity contribution >= 4 is 5.91 Å². The Hall–Kier alpha value is -3.68. The molecule has 0 aliphatic rings. The minimum Gasteiger partial charge on any atom is -0.497 e. The van der Waals surface area contributed by atoms with E-state index in [1.165, 1.54) is 30.3 Å². The summed E-state index contributed by atoms with van der Waals surface area (Å²) in [5.41, 5.74) is 0.206. The number of methoxy groups -OCH3 is 1. The molecule has 1 amide bonds. The lowest BCUT2D eigenvalue weighted by molar-refractivity contribution is 0.0941. The normalized spacial score (nSPS) is 10.4. The number of rotatable bonds is 7. The van der Waals surface area contributed by atoms with Crippen molar-refractivity contribution in [2.45, 2.75) is 0 Å². The van der Waals surface area contributed by atoms with Gasteiger partial charge in [-0.15, -0.1) is 0 Å². The summed E-state index contributed by atoms with van der Waals surface area (Å²) in [6, 6.07) is 14.0. The van der Waals surface area contributed by atoms with Crippen LogP contribution in [0.4, 0.5) is 4.39 Å². The molecule has 1 heterocycles. The largest absolute Gasteiger partial charge is 0.497 e. The third-order valence-corrected chi connectivity index (χ3v) is 3.85. The minimum absolute atomic E-state index is 0.0590. The monoisotopic (exact) mass is 383 g/mol. The summed E-state index contributed by atoms with van der Waals surface area (Å²) in [5.74, 6) is 0.495. The highest BCUT2D eigenvalue weighted by molar-refractivity contribution is 5.93. The zero-order chi connectivity index (χ0) is 19.9. The van der Waals surface area contributed by atoms with Gasteiger partial charge in [-0.25, -0.2) is 9.18 Å². The fourth-order valence-electron chi connectivity index (χ4n) is 2.45. The van der Waals surface area contributed by atoms with Gasteiger partial charge in [-0.2, -0.15) is 4.98 Å². The van der Waals surface area contributed by atoms with Gasteiger partial charge in [0.25, 0.3) is 5.91 Å². The van der Waals surface area contributed by atoms with Crippen molar-refractivity contribution in [1.82, 2.24) is 15.3 Å². The van der Waals surface area contributed by atoms with Crippen LogP contribution >= 0.6 is 0 Å². The van der Waals surface area contributed by atoms with Crippen LogP contribution in [0.25, 0.3) is 11.3 Å². The van der Waals surface area contributed by atoms with Crippen LogP contribution in [0.2, 0.25) is 0 Å². The van der Waals surface area contributed by atoms with E-state index in [-0.39, 0.29) is 24.5 Å². The Kier molecular flexibility index (Phi) is 6.01. The SMILES string of the molecule is COc1ccc(OCCNC(=O)c2cc(-c3ccc(F)cc3)nc(=O)[nH]2)cc1. The molecule has 7 nitrogen and oxygen atoms in total. The lowest BCUT2D eigenvalue weighted by Gasteiger charge is -2.09. The number of hydrogen-bond donors (Lipinski definition) is 2. The first-order valence-corrected chi connectivity index (χ1v) is 8.47. The van der Waals surface area contributed by atoms with Crippen molar-refractivity contribution in [1.29, 1.82) is 0 Å². The molecule has 144 valence electrons. The van der Waals surface area contributed by atoms with Gasteiger partial charge in [0.1, 0.15) is 29.6 Å². The number of H-pyrrole nitrogens is 1. The Morgan fingerprint density at radius 1 is 1.11 bits per heavy atom. The Bertz CT molecular complexity index is 1000. The van der Waals surface area contributed by atoms with Crippen LogP contribution in [0.15, 0.2) is 59.4 Å². The van der Waals surface area contributed by atoms with Crippen molar-refractivity contribution < 1.29 is 18.7 Å². The number of carbonyl (C=O) groups excluding carboxylic acids is 1. The average Bonchev–Trinajstić information content (AvgIpc) is 2.71. The van der Waals surface area contributed by atoms with Gasteiger partial charge in [0.2, 0.25) is 0 Å². The van der Waals surface area contributed by atoms with Gasteiger partial charge in [-0.1, -0.05) is 0 Å². The molecule has 0 fully saturated rings. The molecule has 8 heteroatoms. The van der Waals surface area contributed by atoms with Gasteiger partial charge in [-0.3, -0.25) is 4.79 Å². The molecule has 1 aromatic heterocycles. The van der Waals surface area contributed by atoms with E-state index in [1.54, 1.807) is 31.4 Å². The summed E-state index contributed by atoms with van der Waals surface area (Å²) >= 11 is 0. The highest BCUT2D eigenvalue weighted by atomic mass is 19.1. The number of aromatic amines is 1. The van der Waals surface area contributed by atoms with Crippen LogP contribution in [0.5, 0.6) is 11.5 Å². The van der Waals surface area contributed by atoms with E-state index < -0.39 is 17.4 Å². The summed E-state index contributed by atoms with van der Waals surface area (Å²) in [4.78, 5) is 30.3. The fourth-order valence-corrected chi connectivity index (χ4v) is 2.45. The molecule has 0 atom stereocenters. The number of halogens is 1. The third kappa shape index (κ3) is 4.94. The Labute approximate surface area is 160 Å².